The van der Waals surface area contributed by atoms with Gasteiger partial charge in [0, 0.05) is 42.4 Å². The van der Waals surface area contributed by atoms with Gasteiger partial charge in [0.25, 0.3) is 0 Å². The minimum Gasteiger partial charge on any atom is -0.381 e. The second kappa shape index (κ2) is 6.85. The highest BCUT2D eigenvalue weighted by molar-refractivity contribution is 5.93. The van der Waals surface area contributed by atoms with Gasteiger partial charge in [-0.1, -0.05) is 0 Å². The summed E-state index contributed by atoms with van der Waals surface area (Å²) in [6.45, 7) is 6.38. The largest absolute Gasteiger partial charge is 0.381 e. The van der Waals surface area contributed by atoms with Crippen LogP contribution < -0.4 is 10.6 Å². The van der Waals surface area contributed by atoms with Crippen LogP contribution in [-0.2, 0) is 9.53 Å². The van der Waals surface area contributed by atoms with Crippen LogP contribution in [-0.4, -0.2) is 40.8 Å². The van der Waals surface area contributed by atoms with Crippen LogP contribution >= 0.6 is 0 Å². The lowest BCUT2D eigenvalue weighted by molar-refractivity contribution is -0.119. The van der Waals surface area contributed by atoms with Gasteiger partial charge in [-0.2, -0.15) is 0 Å². The summed E-state index contributed by atoms with van der Waals surface area (Å²) in [6.07, 6.45) is 4.72. The minimum atomic E-state index is 0.0197. The van der Waals surface area contributed by atoms with Gasteiger partial charge < -0.3 is 19.9 Å². The molecule has 2 fully saturated rings. The highest BCUT2D eigenvalue weighted by atomic mass is 16.5. The molecule has 4 rings (SSSR count). The number of benzene rings is 1. The van der Waals surface area contributed by atoms with E-state index in [0.29, 0.717) is 0 Å². The van der Waals surface area contributed by atoms with Gasteiger partial charge in [-0.15, -0.1) is 0 Å². The van der Waals surface area contributed by atoms with Crippen LogP contribution in [0.5, 0.6) is 0 Å². The van der Waals surface area contributed by atoms with Crippen molar-refractivity contribution in [1.82, 2.24) is 14.9 Å². The van der Waals surface area contributed by atoms with Gasteiger partial charge >= 0.3 is 0 Å². The fourth-order valence-corrected chi connectivity index (χ4v) is 3.99. The summed E-state index contributed by atoms with van der Waals surface area (Å²) < 4.78 is 7.51. The molecule has 0 saturated carbocycles. The molecule has 1 amide bonds. The molecule has 3 heterocycles. The standard InChI is InChI=1S/C20H26N4O2/c1-14-15(2)24(13-21-14)18-5-3-17(4-6-18)23-19(25)16-11-20(22-12-16)7-9-26-10-8-20/h3-6,13,16,22H,7-12H2,1-2H3,(H,23,25). The third-order valence-corrected chi connectivity index (χ3v) is 5.85. The SMILES string of the molecule is Cc1ncn(-c2ccc(NC(=O)C3CNC4(CCOCC4)C3)cc2)c1C. The van der Waals surface area contributed by atoms with E-state index in [-0.39, 0.29) is 17.4 Å². The highest BCUT2D eigenvalue weighted by Crippen LogP contribution is 2.33. The summed E-state index contributed by atoms with van der Waals surface area (Å²) >= 11 is 0. The second-order valence-corrected chi connectivity index (χ2v) is 7.50. The topological polar surface area (TPSA) is 68.2 Å². The Labute approximate surface area is 154 Å². The lowest BCUT2D eigenvalue weighted by Gasteiger charge is -2.33. The maximum atomic E-state index is 12.7. The van der Waals surface area contributed by atoms with Crippen molar-refractivity contribution in [2.75, 3.05) is 25.1 Å². The van der Waals surface area contributed by atoms with Gasteiger partial charge in [0.2, 0.25) is 5.91 Å². The molecular weight excluding hydrogens is 328 g/mol. The molecule has 2 aromatic rings. The molecule has 2 aliphatic rings. The summed E-state index contributed by atoms with van der Waals surface area (Å²) in [6, 6.07) is 7.93. The maximum absolute atomic E-state index is 12.7. The van der Waals surface area contributed by atoms with Gasteiger partial charge in [0.05, 0.1) is 17.9 Å². The van der Waals surface area contributed by atoms with Crippen molar-refractivity contribution in [3.05, 3.63) is 42.0 Å². The lowest BCUT2D eigenvalue weighted by Crippen LogP contribution is -2.44. The van der Waals surface area contributed by atoms with E-state index in [1.54, 1.807) is 0 Å². The molecule has 1 atom stereocenters. The van der Waals surface area contributed by atoms with E-state index in [1.807, 2.05) is 37.5 Å². The third-order valence-electron chi connectivity index (χ3n) is 5.85. The number of amides is 1. The Morgan fingerprint density at radius 2 is 2.00 bits per heavy atom. The van der Waals surface area contributed by atoms with Crippen LogP contribution in [0.1, 0.15) is 30.7 Å². The van der Waals surface area contributed by atoms with Gasteiger partial charge in [0.1, 0.15) is 0 Å². The molecule has 0 radical (unpaired) electrons. The first-order chi connectivity index (χ1) is 12.6. The van der Waals surface area contributed by atoms with Crippen LogP contribution in [0.15, 0.2) is 30.6 Å². The lowest BCUT2D eigenvalue weighted by atomic mass is 9.85. The van der Waals surface area contributed by atoms with Crippen molar-refractivity contribution in [3.8, 4) is 5.69 Å². The first-order valence-corrected chi connectivity index (χ1v) is 9.31. The van der Waals surface area contributed by atoms with Crippen molar-refractivity contribution in [2.24, 2.45) is 5.92 Å². The van der Waals surface area contributed by atoms with Crippen LogP contribution in [0.4, 0.5) is 5.69 Å². The average Bonchev–Trinajstić information content (AvgIpc) is 3.21. The number of carbonyl (C=O) groups excluding carboxylic acids is 1. The molecule has 2 N–H and O–H groups in total. The van der Waals surface area contributed by atoms with Crippen LogP contribution in [0.25, 0.3) is 5.69 Å². The van der Waals surface area contributed by atoms with Gasteiger partial charge in [0.15, 0.2) is 0 Å². The molecule has 1 spiro atoms. The molecule has 1 aromatic carbocycles. The molecule has 1 aromatic heterocycles. The first-order valence-electron chi connectivity index (χ1n) is 9.31. The number of hydrogen-bond donors (Lipinski definition) is 2. The van der Waals surface area contributed by atoms with Crippen LogP contribution in [0, 0.1) is 19.8 Å². The highest BCUT2D eigenvalue weighted by Gasteiger charge is 2.42. The van der Waals surface area contributed by atoms with Crippen molar-refractivity contribution in [3.63, 3.8) is 0 Å². The maximum Gasteiger partial charge on any atom is 0.228 e. The molecule has 0 aliphatic carbocycles. The normalized spacial score (nSPS) is 21.8. The number of hydrogen-bond acceptors (Lipinski definition) is 4. The predicted octanol–water partition coefficient (Wildman–Crippen LogP) is 2.59. The van der Waals surface area contributed by atoms with Gasteiger partial charge in [-0.05, 0) is 57.4 Å². The number of rotatable bonds is 3. The number of imidazole rings is 1. The Balaban J connectivity index is 1.40. The molecule has 6 nitrogen and oxygen atoms in total. The van der Waals surface area contributed by atoms with E-state index in [9.17, 15) is 4.79 Å². The van der Waals surface area contributed by atoms with E-state index >= 15 is 0 Å². The number of aryl methyl sites for hydroxylation is 1. The van der Waals surface area contributed by atoms with Crippen LogP contribution in [0.3, 0.4) is 0 Å². The zero-order valence-corrected chi connectivity index (χ0v) is 15.4. The Hall–Kier alpha value is -2.18. The van der Waals surface area contributed by atoms with E-state index in [1.165, 1.54) is 0 Å². The predicted molar refractivity (Wildman–Crippen MR) is 101 cm³/mol. The monoisotopic (exact) mass is 354 g/mol. The zero-order chi connectivity index (χ0) is 18.1. The Kier molecular flexibility index (Phi) is 4.54. The average molecular weight is 354 g/mol. The summed E-state index contributed by atoms with van der Waals surface area (Å²) in [5, 5.41) is 6.65. The Morgan fingerprint density at radius 1 is 1.27 bits per heavy atom. The van der Waals surface area contributed by atoms with E-state index in [2.05, 4.69) is 27.1 Å². The fourth-order valence-electron chi connectivity index (χ4n) is 3.99. The summed E-state index contributed by atoms with van der Waals surface area (Å²) in [4.78, 5) is 17.0. The smallest absolute Gasteiger partial charge is 0.228 e. The number of carbonyl (C=O) groups is 1. The Bertz CT molecular complexity index is 791. The fraction of sp³-hybridized carbons (Fsp3) is 0.500. The molecule has 1 unspecified atom stereocenters. The van der Waals surface area contributed by atoms with Gasteiger partial charge in [-0.3, -0.25) is 4.79 Å². The number of nitrogens with zero attached hydrogens (tertiary/aromatic N) is 2. The zero-order valence-electron chi connectivity index (χ0n) is 15.4. The van der Waals surface area contributed by atoms with E-state index < -0.39 is 0 Å². The quantitative estimate of drug-likeness (QED) is 0.889. The van der Waals surface area contributed by atoms with Gasteiger partial charge in [-0.25, -0.2) is 4.98 Å². The molecule has 138 valence electrons. The minimum absolute atomic E-state index is 0.0197. The summed E-state index contributed by atoms with van der Waals surface area (Å²) in [7, 11) is 0. The second-order valence-electron chi connectivity index (χ2n) is 7.50. The van der Waals surface area contributed by atoms with Crippen molar-refractivity contribution >= 4 is 11.6 Å². The van der Waals surface area contributed by atoms with Crippen molar-refractivity contribution in [1.29, 1.82) is 0 Å². The number of ether oxygens (including phenoxy) is 1. The molecule has 2 saturated heterocycles. The third kappa shape index (κ3) is 3.27. The molecular formula is C20H26N4O2. The molecule has 6 heteroatoms. The number of aromatic nitrogens is 2. The molecule has 26 heavy (non-hydrogen) atoms. The Morgan fingerprint density at radius 3 is 2.65 bits per heavy atom. The van der Waals surface area contributed by atoms with Crippen LogP contribution in [0.2, 0.25) is 0 Å². The molecule has 2 aliphatic heterocycles. The first kappa shape index (κ1) is 17.2. The van der Waals surface area contributed by atoms with Crippen molar-refractivity contribution < 1.29 is 9.53 Å². The van der Waals surface area contributed by atoms with Crippen molar-refractivity contribution in [2.45, 2.75) is 38.6 Å². The summed E-state index contributed by atoms with van der Waals surface area (Å²) in [5.41, 5.74) is 4.13. The van der Waals surface area contributed by atoms with E-state index in [4.69, 9.17) is 4.74 Å². The van der Waals surface area contributed by atoms with E-state index in [0.717, 1.165) is 61.8 Å². The number of anilines is 1. The number of nitrogens with one attached hydrogen (secondary N) is 2. The molecule has 0 bridgehead atoms. The summed E-state index contributed by atoms with van der Waals surface area (Å²) in [5.74, 6) is 0.120.